The molecule has 0 aromatic heterocycles. The third kappa shape index (κ3) is 3.35. The van der Waals surface area contributed by atoms with Gasteiger partial charge in [-0.1, -0.05) is 39.0 Å². The minimum atomic E-state index is -0.353. The van der Waals surface area contributed by atoms with Gasteiger partial charge in [0.05, 0.1) is 6.10 Å². The molecule has 1 fully saturated rings. The Balaban J connectivity index is 2.15. The van der Waals surface area contributed by atoms with E-state index >= 15 is 0 Å². The van der Waals surface area contributed by atoms with Gasteiger partial charge in [-0.25, -0.2) is 0 Å². The van der Waals surface area contributed by atoms with Crippen molar-refractivity contribution in [2.45, 2.75) is 65.0 Å². The molecule has 2 nitrogen and oxygen atoms in total. The van der Waals surface area contributed by atoms with E-state index in [1.807, 2.05) is 13.0 Å². The van der Waals surface area contributed by atoms with Crippen LogP contribution in [0.3, 0.4) is 0 Å². The molecule has 1 aliphatic carbocycles. The average Bonchev–Trinajstić information content (AvgIpc) is 2.45. The Hall–Kier alpha value is -1.02. The second kappa shape index (κ2) is 6.17. The molecule has 2 heteroatoms. The molecule has 0 amide bonds. The minimum Gasteiger partial charge on any atom is -0.388 e. The maximum Gasteiger partial charge on any atom is 0.0807 e. The van der Waals surface area contributed by atoms with Gasteiger partial charge in [0.1, 0.15) is 0 Å². The average molecular weight is 275 g/mol. The highest BCUT2D eigenvalue weighted by molar-refractivity contribution is 5.54. The van der Waals surface area contributed by atoms with Crippen LogP contribution in [0.25, 0.3) is 0 Å². The zero-order chi connectivity index (χ0) is 14.8. The molecule has 0 aliphatic heterocycles. The fourth-order valence-electron chi connectivity index (χ4n) is 3.28. The van der Waals surface area contributed by atoms with Gasteiger partial charge in [-0.2, -0.15) is 0 Å². The van der Waals surface area contributed by atoms with E-state index in [9.17, 15) is 5.11 Å². The molecule has 1 N–H and O–H groups in total. The molecule has 0 heterocycles. The Morgan fingerprint density at radius 1 is 1.25 bits per heavy atom. The molecule has 0 spiro atoms. The van der Waals surface area contributed by atoms with Gasteiger partial charge in [-0.05, 0) is 43.6 Å². The van der Waals surface area contributed by atoms with Crippen LogP contribution in [0.15, 0.2) is 24.3 Å². The van der Waals surface area contributed by atoms with Gasteiger partial charge in [-0.3, -0.25) is 0 Å². The number of benzene rings is 1. The summed E-state index contributed by atoms with van der Waals surface area (Å²) in [5.41, 5.74) is 2.77. The Labute approximate surface area is 123 Å². The first-order valence-corrected chi connectivity index (χ1v) is 7.94. The maximum absolute atomic E-state index is 10.2. The topological polar surface area (TPSA) is 23.5 Å². The molecule has 1 aliphatic rings. The molecule has 1 saturated carbocycles. The van der Waals surface area contributed by atoms with Crippen molar-refractivity contribution in [1.29, 1.82) is 0 Å². The van der Waals surface area contributed by atoms with Crippen molar-refractivity contribution < 1.29 is 5.11 Å². The lowest BCUT2D eigenvalue weighted by Gasteiger charge is -2.40. The van der Waals surface area contributed by atoms with Crippen LogP contribution in [0, 0.1) is 5.41 Å². The molecule has 1 atom stereocenters. The van der Waals surface area contributed by atoms with Crippen molar-refractivity contribution in [3.05, 3.63) is 29.8 Å². The molecule has 2 rings (SSSR count). The quantitative estimate of drug-likeness (QED) is 0.872. The van der Waals surface area contributed by atoms with Crippen molar-refractivity contribution in [3.63, 3.8) is 0 Å². The number of nitrogens with zero attached hydrogens (tertiary/aromatic N) is 1. The van der Waals surface area contributed by atoms with Gasteiger partial charge in [0.2, 0.25) is 0 Å². The predicted octanol–water partition coefficient (Wildman–Crippen LogP) is 4.54. The van der Waals surface area contributed by atoms with E-state index in [0.717, 1.165) is 12.0 Å². The molecule has 1 aromatic carbocycles. The van der Waals surface area contributed by atoms with Crippen molar-refractivity contribution in [1.82, 2.24) is 0 Å². The summed E-state index contributed by atoms with van der Waals surface area (Å²) >= 11 is 0. The first-order chi connectivity index (χ1) is 9.44. The Morgan fingerprint density at radius 3 is 2.45 bits per heavy atom. The van der Waals surface area contributed by atoms with E-state index in [2.05, 4.69) is 44.0 Å². The van der Waals surface area contributed by atoms with Crippen LogP contribution in [0.4, 0.5) is 5.69 Å². The normalized spacial score (nSPS) is 20.6. The predicted molar refractivity (Wildman–Crippen MR) is 86.1 cm³/mol. The number of hydrogen-bond donors (Lipinski definition) is 1. The van der Waals surface area contributed by atoms with E-state index < -0.39 is 0 Å². The number of anilines is 1. The van der Waals surface area contributed by atoms with Gasteiger partial charge >= 0.3 is 0 Å². The lowest BCUT2D eigenvalue weighted by Crippen LogP contribution is -2.37. The molecular weight excluding hydrogens is 246 g/mol. The van der Waals surface area contributed by atoms with Gasteiger partial charge in [0, 0.05) is 24.3 Å². The molecule has 0 bridgehead atoms. The summed E-state index contributed by atoms with van der Waals surface area (Å²) in [5, 5.41) is 10.2. The number of aliphatic hydroxyl groups excluding tert-OH is 1. The van der Waals surface area contributed by atoms with Crippen molar-refractivity contribution in [3.8, 4) is 0 Å². The number of rotatable bonds is 4. The van der Waals surface area contributed by atoms with Crippen molar-refractivity contribution in [2.75, 3.05) is 11.9 Å². The van der Waals surface area contributed by atoms with Crippen molar-refractivity contribution >= 4 is 5.69 Å². The summed E-state index contributed by atoms with van der Waals surface area (Å²) in [5.74, 6) is 0. The fourth-order valence-corrected chi connectivity index (χ4v) is 3.28. The smallest absolute Gasteiger partial charge is 0.0807 e. The zero-order valence-corrected chi connectivity index (χ0v) is 13.4. The van der Waals surface area contributed by atoms with E-state index in [0.29, 0.717) is 11.5 Å². The van der Waals surface area contributed by atoms with Gasteiger partial charge in [-0.15, -0.1) is 0 Å². The highest BCUT2D eigenvalue weighted by atomic mass is 16.3. The summed E-state index contributed by atoms with van der Waals surface area (Å²) < 4.78 is 0. The molecule has 1 aromatic rings. The first kappa shape index (κ1) is 15.4. The largest absolute Gasteiger partial charge is 0.388 e. The molecule has 0 radical (unpaired) electrons. The van der Waals surface area contributed by atoms with Crippen molar-refractivity contribution in [2.24, 2.45) is 5.41 Å². The molecule has 112 valence electrons. The number of aliphatic hydroxyl groups is 1. The Kier molecular flexibility index (Phi) is 4.74. The highest BCUT2D eigenvalue weighted by Crippen LogP contribution is 2.39. The Morgan fingerprint density at radius 2 is 1.85 bits per heavy atom. The lowest BCUT2D eigenvalue weighted by molar-refractivity contribution is 0.173. The van der Waals surface area contributed by atoms with Gasteiger partial charge < -0.3 is 10.0 Å². The zero-order valence-electron chi connectivity index (χ0n) is 13.4. The van der Waals surface area contributed by atoms with Crippen LogP contribution in [0.1, 0.15) is 64.5 Å². The second-order valence-corrected chi connectivity index (χ2v) is 6.99. The summed E-state index contributed by atoms with van der Waals surface area (Å²) in [4.78, 5) is 2.39. The summed E-state index contributed by atoms with van der Waals surface area (Å²) in [6, 6.07) is 8.91. The number of para-hydroxylation sites is 1. The van der Waals surface area contributed by atoms with E-state index in [4.69, 9.17) is 0 Å². The minimum absolute atomic E-state index is 0.353. The third-order valence-electron chi connectivity index (χ3n) is 4.92. The molecule has 20 heavy (non-hydrogen) atoms. The van der Waals surface area contributed by atoms with E-state index in [-0.39, 0.29) is 6.10 Å². The van der Waals surface area contributed by atoms with Crippen LogP contribution < -0.4 is 4.90 Å². The maximum atomic E-state index is 10.2. The summed E-state index contributed by atoms with van der Waals surface area (Å²) in [7, 11) is 2.18. The van der Waals surface area contributed by atoms with Crippen LogP contribution in [-0.4, -0.2) is 18.2 Å². The Bertz CT molecular complexity index is 431. The first-order valence-electron chi connectivity index (χ1n) is 7.94. The summed E-state index contributed by atoms with van der Waals surface area (Å²) in [6.45, 7) is 6.78. The lowest BCUT2D eigenvalue weighted by atomic mass is 9.75. The van der Waals surface area contributed by atoms with E-state index in [1.165, 1.54) is 31.4 Å². The summed E-state index contributed by atoms with van der Waals surface area (Å²) in [6.07, 6.45) is 5.50. The SMILES string of the molecule is CC[C@@H](O)c1ccccc1N(C)C1CCC(C)(C)CC1. The molecule has 0 saturated heterocycles. The van der Waals surface area contributed by atoms with E-state index in [1.54, 1.807) is 0 Å². The molecule has 0 unspecified atom stereocenters. The van der Waals surface area contributed by atoms with Crippen LogP contribution in [0.5, 0.6) is 0 Å². The highest BCUT2D eigenvalue weighted by Gasteiger charge is 2.29. The van der Waals surface area contributed by atoms with Crippen LogP contribution >= 0.6 is 0 Å². The second-order valence-electron chi connectivity index (χ2n) is 6.99. The molecular formula is C18H29NO. The van der Waals surface area contributed by atoms with Crippen LogP contribution in [0.2, 0.25) is 0 Å². The van der Waals surface area contributed by atoms with Crippen LogP contribution in [-0.2, 0) is 0 Å². The van der Waals surface area contributed by atoms with Gasteiger partial charge in [0.25, 0.3) is 0 Å². The van der Waals surface area contributed by atoms with Gasteiger partial charge in [0.15, 0.2) is 0 Å². The monoisotopic (exact) mass is 275 g/mol. The standard InChI is InChI=1S/C18H29NO/c1-5-17(20)15-8-6-7-9-16(15)19(4)14-10-12-18(2,3)13-11-14/h6-9,14,17,20H,5,10-13H2,1-4H3/t17-/m1/s1. The fraction of sp³-hybridized carbons (Fsp3) is 0.667. The number of hydrogen-bond acceptors (Lipinski definition) is 2. The third-order valence-corrected chi connectivity index (χ3v) is 4.92.